The number of ether oxygens (including phenoxy) is 1. The number of cyclic esters (lactones) is 1. The quantitative estimate of drug-likeness (QED) is 0.578. The van der Waals surface area contributed by atoms with Crippen molar-refractivity contribution in [2.45, 2.75) is 51.6 Å². The van der Waals surface area contributed by atoms with Crippen LogP contribution in [-0.4, -0.2) is 28.1 Å². The summed E-state index contributed by atoms with van der Waals surface area (Å²) >= 11 is 6.26. The van der Waals surface area contributed by atoms with E-state index in [4.69, 9.17) is 4.74 Å². The summed E-state index contributed by atoms with van der Waals surface area (Å²) in [6.07, 6.45) is 3.34. The van der Waals surface area contributed by atoms with Crippen molar-refractivity contribution >= 4 is 43.6 Å². The van der Waals surface area contributed by atoms with Crippen LogP contribution in [0.1, 0.15) is 54.9 Å². The van der Waals surface area contributed by atoms with Gasteiger partial charge in [0.05, 0.1) is 10.6 Å². The first-order chi connectivity index (χ1) is 10.8. The van der Waals surface area contributed by atoms with Gasteiger partial charge in [0.2, 0.25) is 0 Å². The van der Waals surface area contributed by atoms with Crippen LogP contribution in [0.4, 0.5) is 0 Å². The predicted molar refractivity (Wildman–Crippen MR) is 91.8 cm³/mol. The van der Waals surface area contributed by atoms with E-state index >= 15 is 0 Å². The molecule has 1 aromatic carbocycles. The van der Waals surface area contributed by atoms with Crippen molar-refractivity contribution < 1.29 is 24.5 Å². The normalized spacial score (nSPS) is 20.2. The van der Waals surface area contributed by atoms with Gasteiger partial charge < -0.3 is 14.9 Å². The average Bonchev–Trinajstić information content (AvgIpc) is 2.49. The maximum Gasteiger partial charge on any atom is 0.342 e. The second-order valence-corrected chi connectivity index (χ2v) is 7.30. The van der Waals surface area contributed by atoms with Crippen LogP contribution >= 0.6 is 31.9 Å². The molecule has 0 radical (unpaired) electrons. The Labute approximate surface area is 151 Å². The number of Topliss-reactive ketones (excluding diaryl/α,β-unsaturated/α-hetero) is 1. The Bertz CT molecular complexity index is 642. The summed E-state index contributed by atoms with van der Waals surface area (Å²) in [7, 11) is 0. The van der Waals surface area contributed by atoms with Gasteiger partial charge in [0.25, 0.3) is 0 Å². The van der Waals surface area contributed by atoms with Crippen LogP contribution in [0.2, 0.25) is 0 Å². The third-order valence-electron chi connectivity index (χ3n) is 3.88. The highest BCUT2D eigenvalue weighted by Gasteiger charge is 2.29. The van der Waals surface area contributed by atoms with Crippen molar-refractivity contribution in [3.8, 4) is 11.5 Å². The number of esters is 1. The molecule has 23 heavy (non-hydrogen) atoms. The van der Waals surface area contributed by atoms with Gasteiger partial charge in [-0.2, -0.15) is 0 Å². The summed E-state index contributed by atoms with van der Waals surface area (Å²) in [5.41, 5.74) is 0.174. The molecule has 0 amide bonds. The molecule has 0 aromatic heterocycles. The first kappa shape index (κ1) is 18.3. The van der Waals surface area contributed by atoms with Gasteiger partial charge in [-0.3, -0.25) is 4.79 Å². The highest BCUT2D eigenvalue weighted by atomic mass is 79.9. The van der Waals surface area contributed by atoms with Crippen LogP contribution in [-0.2, 0) is 16.0 Å². The molecule has 126 valence electrons. The van der Waals surface area contributed by atoms with E-state index in [1.807, 2.05) is 0 Å². The fraction of sp³-hybridized carbons (Fsp3) is 0.500. The molecule has 0 aliphatic carbocycles. The summed E-state index contributed by atoms with van der Waals surface area (Å²) in [6.45, 7) is 1.80. The molecule has 1 heterocycles. The molecule has 2 N–H and O–H groups in total. The van der Waals surface area contributed by atoms with Crippen molar-refractivity contribution in [2.24, 2.45) is 0 Å². The summed E-state index contributed by atoms with van der Waals surface area (Å²) in [5, 5.41) is 20.3. The fourth-order valence-corrected chi connectivity index (χ4v) is 3.82. The molecule has 0 bridgehead atoms. The maximum absolute atomic E-state index is 12.5. The summed E-state index contributed by atoms with van der Waals surface area (Å²) in [5.74, 6) is -1.40. The zero-order chi connectivity index (χ0) is 17.1. The first-order valence-electron chi connectivity index (χ1n) is 7.47. The Kier molecular flexibility index (Phi) is 6.08. The van der Waals surface area contributed by atoms with Crippen molar-refractivity contribution in [1.29, 1.82) is 0 Å². The Balaban J connectivity index is 2.56. The lowest BCUT2D eigenvalue weighted by molar-refractivity contribution is -0.118. The van der Waals surface area contributed by atoms with Crippen molar-refractivity contribution in [1.82, 2.24) is 0 Å². The van der Waals surface area contributed by atoms with Crippen molar-refractivity contribution in [2.75, 3.05) is 0 Å². The topological polar surface area (TPSA) is 83.8 Å². The molecule has 0 fully saturated rings. The minimum Gasteiger partial charge on any atom is -0.506 e. The van der Waals surface area contributed by atoms with Gasteiger partial charge in [-0.05, 0) is 63.6 Å². The molecule has 0 saturated carbocycles. The van der Waals surface area contributed by atoms with Crippen LogP contribution in [0.25, 0.3) is 0 Å². The number of aromatic hydroxyl groups is 2. The Morgan fingerprint density at radius 2 is 1.74 bits per heavy atom. The lowest BCUT2D eigenvalue weighted by Gasteiger charge is -2.19. The van der Waals surface area contributed by atoms with E-state index in [0.29, 0.717) is 12.8 Å². The molecule has 1 aliphatic rings. The molecule has 1 atom stereocenters. The smallest absolute Gasteiger partial charge is 0.342 e. The predicted octanol–water partition coefficient (Wildman–Crippen LogP) is 4.24. The summed E-state index contributed by atoms with van der Waals surface area (Å²) in [4.78, 5) is 24.6. The second kappa shape index (κ2) is 7.66. The number of phenols is 2. The number of rotatable bonds is 0. The molecule has 2 rings (SSSR count). The molecule has 1 aliphatic heterocycles. The monoisotopic (exact) mass is 448 g/mol. The molecule has 0 spiro atoms. The molecule has 7 heteroatoms. The van der Waals surface area contributed by atoms with E-state index < -0.39 is 11.7 Å². The van der Waals surface area contributed by atoms with Crippen molar-refractivity contribution in [3.63, 3.8) is 0 Å². The van der Waals surface area contributed by atoms with Crippen molar-refractivity contribution in [3.05, 3.63) is 20.1 Å². The highest BCUT2D eigenvalue weighted by Crippen LogP contribution is 2.45. The molecular weight excluding hydrogens is 432 g/mol. The third kappa shape index (κ3) is 4.07. The SMILES string of the molecule is C[C@H]1CCCCCC(=O)Cc2c(Br)c(O)c(Br)c(O)c2C(=O)O1. The number of fused-ring (bicyclic) bond motifs is 1. The minimum atomic E-state index is -0.695. The van der Waals surface area contributed by atoms with Crippen LogP contribution < -0.4 is 0 Å². The molecule has 1 aromatic rings. The molecule has 0 unspecified atom stereocenters. The number of carbonyl (C=O) groups excluding carboxylic acids is 2. The van der Waals surface area contributed by atoms with E-state index in [9.17, 15) is 19.8 Å². The largest absolute Gasteiger partial charge is 0.506 e. The zero-order valence-corrected chi connectivity index (χ0v) is 15.9. The second-order valence-electron chi connectivity index (χ2n) is 5.71. The van der Waals surface area contributed by atoms with Crippen LogP contribution in [0.5, 0.6) is 11.5 Å². The zero-order valence-electron chi connectivity index (χ0n) is 12.7. The number of hydrogen-bond acceptors (Lipinski definition) is 5. The Morgan fingerprint density at radius 3 is 2.43 bits per heavy atom. The molecule has 0 saturated heterocycles. The van der Waals surface area contributed by atoms with E-state index in [2.05, 4.69) is 31.9 Å². The van der Waals surface area contributed by atoms with Gasteiger partial charge in [-0.15, -0.1) is 0 Å². The molecular formula is C16H18Br2O5. The first-order valence-corrected chi connectivity index (χ1v) is 9.06. The van der Waals surface area contributed by atoms with Crippen LogP contribution in [0.15, 0.2) is 8.95 Å². The van der Waals surface area contributed by atoms with E-state index in [-0.39, 0.29) is 44.1 Å². The number of benzene rings is 1. The number of phenolic OH excluding ortho intramolecular Hbond substituents is 2. The van der Waals surface area contributed by atoms with Gasteiger partial charge in [0, 0.05) is 12.8 Å². The third-order valence-corrected chi connectivity index (χ3v) is 5.49. The van der Waals surface area contributed by atoms with E-state index in [0.717, 1.165) is 19.3 Å². The van der Waals surface area contributed by atoms with Crippen LogP contribution in [0, 0.1) is 0 Å². The van der Waals surface area contributed by atoms with Crippen LogP contribution in [0.3, 0.4) is 0 Å². The minimum absolute atomic E-state index is 0.00716. The lowest BCUT2D eigenvalue weighted by atomic mass is 9.97. The van der Waals surface area contributed by atoms with Gasteiger partial charge in [-0.25, -0.2) is 4.79 Å². The fourth-order valence-electron chi connectivity index (χ4n) is 2.62. The standard InChI is InChI=1S/C16H18Br2O5/c1-8-5-3-2-4-6-9(19)7-10-11(16(22)23-8)14(20)13(18)15(21)12(10)17/h8,20-21H,2-7H2,1H3/t8-/m0/s1. The molecule has 5 nitrogen and oxygen atoms in total. The van der Waals surface area contributed by atoms with E-state index in [1.54, 1.807) is 6.92 Å². The summed E-state index contributed by atoms with van der Waals surface area (Å²) < 4.78 is 5.59. The van der Waals surface area contributed by atoms with Gasteiger partial charge in [0.15, 0.2) is 0 Å². The Morgan fingerprint density at radius 1 is 1.04 bits per heavy atom. The number of carbonyl (C=O) groups is 2. The summed E-state index contributed by atoms with van der Waals surface area (Å²) in [6, 6.07) is 0. The van der Waals surface area contributed by atoms with Gasteiger partial charge >= 0.3 is 5.97 Å². The maximum atomic E-state index is 12.5. The lowest BCUT2D eigenvalue weighted by Crippen LogP contribution is -2.19. The van der Waals surface area contributed by atoms with Gasteiger partial charge in [0.1, 0.15) is 27.3 Å². The Hall–Kier alpha value is -1.08. The highest BCUT2D eigenvalue weighted by molar-refractivity contribution is 9.11. The average molecular weight is 450 g/mol. The van der Waals surface area contributed by atoms with Gasteiger partial charge in [-0.1, -0.05) is 6.42 Å². The number of halogens is 2. The number of ketones is 1. The van der Waals surface area contributed by atoms with E-state index in [1.165, 1.54) is 0 Å². The number of hydrogen-bond donors (Lipinski definition) is 2.